The zero-order valence-corrected chi connectivity index (χ0v) is 15.4. The van der Waals surface area contributed by atoms with E-state index in [9.17, 15) is 8.42 Å². The molecule has 0 radical (unpaired) electrons. The number of hydrogen-bond donors (Lipinski definition) is 1. The van der Waals surface area contributed by atoms with E-state index in [4.69, 9.17) is 27.9 Å². The lowest BCUT2D eigenvalue weighted by atomic mass is 9.88. The van der Waals surface area contributed by atoms with E-state index in [1.807, 2.05) is 24.3 Å². The standard InChI is InChI=1S/C17H17Cl2NO3S/c1-23-14-9-10-15(17(19)16(14)18)24(21,22)20-13-8-4-6-11-5-2-3-7-12(11)13/h2-3,5,7,9-10,13,20H,4,6,8H2,1H3. The van der Waals surface area contributed by atoms with Crippen molar-refractivity contribution in [3.05, 3.63) is 57.6 Å². The van der Waals surface area contributed by atoms with Crippen molar-refractivity contribution in [3.8, 4) is 5.75 Å². The first-order chi connectivity index (χ1) is 11.4. The van der Waals surface area contributed by atoms with Gasteiger partial charge in [0.25, 0.3) is 0 Å². The molecule has 0 heterocycles. The van der Waals surface area contributed by atoms with Crippen LogP contribution >= 0.6 is 23.2 Å². The summed E-state index contributed by atoms with van der Waals surface area (Å²) in [5.74, 6) is 0.337. The quantitative estimate of drug-likeness (QED) is 0.850. The predicted molar refractivity (Wildman–Crippen MR) is 95.5 cm³/mol. The largest absolute Gasteiger partial charge is 0.495 e. The van der Waals surface area contributed by atoms with Crippen LogP contribution in [0.4, 0.5) is 0 Å². The number of halogens is 2. The number of fused-ring (bicyclic) bond motifs is 1. The second-order valence-corrected chi connectivity index (χ2v) is 8.10. The van der Waals surface area contributed by atoms with Gasteiger partial charge in [-0.15, -0.1) is 0 Å². The van der Waals surface area contributed by atoms with Gasteiger partial charge in [0.15, 0.2) is 0 Å². The van der Waals surface area contributed by atoms with Gasteiger partial charge in [0.2, 0.25) is 10.0 Å². The van der Waals surface area contributed by atoms with Gasteiger partial charge in [-0.3, -0.25) is 0 Å². The van der Waals surface area contributed by atoms with E-state index >= 15 is 0 Å². The van der Waals surface area contributed by atoms with E-state index in [-0.39, 0.29) is 21.0 Å². The minimum atomic E-state index is -3.80. The van der Waals surface area contributed by atoms with Crippen molar-refractivity contribution in [2.75, 3.05) is 7.11 Å². The molecule has 24 heavy (non-hydrogen) atoms. The fraction of sp³-hybridized carbons (Fsp3) is 0.294. The highest BCUT2D eigenvalue weighted by Crippen LogP contribution is 2.38. The van der Waals surface area contributed by atoms with Gasteiger partial charge >= 0.3 is 0 Å². The number of benzene rings is 2. The smallest absolute Gasteiger partial charge is 0.242 e. The van der Waals surface area contributed by atoms with Crippen molar-refractivity contribution >= 4 is 33.2 Å². The molecule has 2 aromatic rings. The number of methoxy groups -OCH3 is 1. The van der Waals surface area contributed by atoms with E-state index in [2.05, 4.69) is 4.72 Å². The second-order valence-electron chi connectivity index (χ2n) is 5.66. The summed E-state index contributed by atoms with van der Waals surface area (Å²) in [6, 6.07) is 10.5. The molecular weight excluding hydrogens is 369 g/mol. The second kappa shape index (κ2) is 6.92. The molecular formula is C17H17Cl2NO3S. The Kier molecular flexibility index (Phi) is 5.06. The van der Waals surface area contributed by atoms with Crippen LogP contribution in [0.1, 0.15) is 30.0 Å². The first-order valence-electron chi connectivity index (χ1n) is 7.56. The van der Waals surface area contributed by atoms with Crippen LogP contribution in [0.25, 0.3) is 0 Å². The van der Waals surface area contributed by atoms with Crippen molar-refractivity contribution in [3.63, 3.8) is 0 Å². The molecule has 0 saturated carbocycles. The Balaban J connectivity index is 1.95. The first-order valence-corrected chi connectivity index (χ1v) is 9.80. The molecule has 2 aromatic carbocycles. The lowest BCUT2D eigenvalue weighted by Crippen LogP contribution is -2.31. The summed E-state index contributed by atoms with van der Waals surface area (Å²) in [6.45, 7) is 0. The summed E-state index contributed by atoms with van der Waals surface area (Å²) in [5.41, 5.74) is 2.19. The van der Waals surface area contributed by atoms with Crippen LogP contribution < -0.4 is 9.46 Å². The number of ether oxygens (including phenoxy) is 1. The number of hydrogen-bond acceptors (Lipinski definition) is 3. The van der Waals surface area contributed by atoms with E-state index in [0.717, 1.165) is 24.8 Å². The maximum Gasteiger partial charge on any atom is 0.242 e. The molecule has 1 N–H and O–H groups in total. The fourth-order valence-corrected chi connectivity index (χ4v) is 5.10. The maximum atomic E-state index is 12.8. The van der Waals surface area contributed by atoms with Gasteiger partial charge < -0.3 is 4.74 Å². The van der Waals surface area contributed by atoms with Crippen LogP contribution in [0.5, 0.6) is 5.75 Å². The van der Waals surface area contributed by atoms with Crippen molar-refractivity contribution < 1.29 is 13.2 Å². The zero-order valence-electron chi connectivity index (χ0n) is 13.1. The summed E-state index contributed by atoms with van der Waals surface area (Å²) in [7, 11) is -2.36. The molecule has 0 bridgehead atoms. The molecule has 1 unspecified atom stereocenters. The lowest BCUT2D eigenvalue weighted by Gasteiger charge is -2.26. The van der Waals surface area contributed by atoms with Gasteiger partial charge in [0, 0.05) is 6.04 Å². The SMILES string of the molecule is COc1ccc(S(=O)(=O)NC2CCCc3ccccc32)c(Cl)c1Cl. The molecule has 0 saturated heterocycles. The Morgan fingerprint density at radius 2 is 1.88 bits per heavy atom. The molecule has 128 valence electrons. The minimum Gasteiger partial charge on any atom is -0.495 e. The Morgan fingerprint density at radius 3 is 2.62 bits per heavy atom. The summed E-state index contributed by atoms with van der Waals surface area (Å²) in [5, 5.41) is 0.0543. The Labute approximate surface area is 151 Å². The van der Waals surface area contributed by atoms with Crippen molar-refractivity contribution in [1.82, 2.24) is 4.72 Å². The Morgan fingerprint density at radius 1 is 1.12 bits per heavy atom. The van der Waals surface area contributed by atoms with E-state index < -0.39 is 10.0 Å². The molecule has 1 aliphatic carbocycles. The van der Waals surface area contributed by atoms with Crippen LogP contribution in [-0.4, -0.2) is 15.5 Å². The van der Waals surface area contributed by atoms with E-state index in [1.54, 1.807) is 0 Å². The minimum absolute atomic E-state index is 0.0346. The molecule has 1 atom stereocenters. The Bertz CT molecular complexity index is 868. The van der Waals surface area contributed by atoms with Crippen molar-refractivity contribution in [1.29, 1.82) is 0 Å². The molecule has 0 amide bonds. The van der Waals surface area contributed by atoms with Gasteiger partial charge in [-0.1, -0.05) is 47.5 Å². The molecule has 0 aromatic heterocycles. The summed E-state index contributed by atoms with van der Waals surface area (Å²) in [6.07, 6.45) is 2.64. The number of nitrogens with one attached hydrogen (secondary N) is 1. The van der Waals surface area contributed by atoms with Crippen LogP contribution in [-0.2, 0) is 16.4 Å². The number of aryl methyl sites for hydroxylation is 1. The average Bonchev–Trinajstić information content (AvgIpc) is 2.57. The highest BCUT2D eigenvalue weighted by molar-refractivity contribution is 7.89. The Hall–Kier alpha value is -1.27. The van der Waals surface area contributed by atoms with Gasteiger partial charge in [0.05, 0.1) is 12.1 Å². The van der Waals surface area contributed by atoms with E-state index in [1.165, 1.54) is 24.8 Å². The maximum absolute atomic E-state index is 12.8. The van der Waals surface area contributed by atoms with Crippen LogP contribution in [0, 0.1) is 0 Å². The average molecular weight is 386 g/mol. The molecule has 3 rings (SSSR count). The molecule has 0 spiro atoms. The highest BCUT2D eigenvalue weighted by Gasteiger charge is 2.28. The van der Waals surface area contributed by atoms with Crippen LogP contribution in [0.3, 0.4) is 0 Å². The summed E-state index contributed by atoms with van der Waals surface area (Å²) < 4.78 is 33.4. The number of rotatable bonds is 4. The van der Waals surface area contributed by atoms with Gasteiger partial charge in [-0.2, -0.15) is 0 Å². The van der Waals surface area contributed by atoms with Crippen LogP contribution in [0.2, 0.25) is 10.0 Å². The monoisotopic (exact) mass is 385 g/mol. The molecule has 0 aliphatic heterocycles. The normalized spacial score (nSPS) is 17.4. The lowest BCUT2D eigenvalue weighted by molar-refractivity contribution is 0.414. The summed E-state index contributed by atoms with van der Waals surface area (Å²) >= 11 is 12.2. The van der Waals surface area contributed by atoms with Gasteiger partial charge in [-0.05, 0) is 42.5 Å². The summed E-state index contributed by atoms with van der Waals surface area (Å²) in [4.78, 5) is -0.0435. The van der Waals surface area contributed by atoms with Gasteiger partial charge in [-0.25, -0.2) is 13.1 Å². The molecule has 4 nitrogen and oxygen atoms in total. The van der Waals surface area contributed by atoms with Crippen LogP contribution in [0.15, 0.2) is 41.3 Å². The zero-order chi connectivity index (χ0) is 17.3. The molecule has 0 fully saturated rings. The first kappa shape index (κ1) is 17.5. The molecule has 7 heteroatoms. The van der Waals surface area contributed by atoms with Crippen molar-refractivity contribution in [2.45, 2.75) is 30.2 Å². The third kappa shape index (κ3) is 3.26. The highest BCUT2D eigenvalue weighted by atomic mass is 35.5. The van der Waals surface area contributed by atoms with Crippen molar-refractivity contribution in [2.24, 2.45) is 0 Å². The fourth-order valence-electron chi connectivity index (χ4n) is 3.01. The van der Waals surface area contributed by atoms with E-state index in [0.29, 0.717) is 5.75 Å². The van der Waals surface area contributed by atoms with Gasteiger partial charge in [0.1, 0.15) is 15.7 Å². The third-order valence-electron chi connectivity index (χ3n) is 4.19. The predicted octanol–water partition coefficient (Wildman–Crippen LogP) is 4.36. The topological polar surface area (TPSA) is 55.4 Å². The molecule has 1 aliphatic rings. The third-order valence-corrected chi connectivity index (χ3v) is 6.68. The number of sulfonamides is 1.